The molecule has 0 aliphatic carbocycles. The van der Waals surface area contributed by atoms with E-state index >= 15 is 0 Å². The number of carbonyl (C=O) groups is 3. The van der Waals surface area contributed by atoms with E-state index in [9.17, 15) is 14.4 Å². The van der Waals surface area contributed by atoms with Crippen molar-refractivity contribution in [2.24, 2.45) is 0 Å². The molecule has 0 unspecified atom stereocenters. The summed E-state index contributed by atoms with van der Waals surface area (Å²) in [6.07, 6.45) is 0. The molecule has 2 heterocycles. The molecule has 0 saturated heterocycles. The molecule has 11 heteroatoms. The molecule has 0 radical (unpaired) electrons. The smallest absolute Gasteiger partial charge is 0.337 e. The van der Waals surface area contributed by atoms with E-state index < -0.39 is 11.9 Å². The molecule has 0 saturated carbocycles. The number of thiophene rings is 1. The van der Waals surface area contributed by atoms with Crippen LogP contribution in [-0.2, 0) is 4.79 Å². The Labute approximate surface area is 188 Å². The van der Waals surface area contributed by atoms with Crippen LogP contribution in [0.2, 0.25) is 0 Å². The monoisotopic (exact) mass is 456 g/mol. The first-order chi connectivity index (χ1) is 15.5. The summed E-state index contributed by atoms with van der Waals surface area (Å²) in [5.41, 5.74) is 5.86. The summed E-state index contributed by atoms with van der Waals surface area (Å²) < 4.78 is 5.52. The van der Waals surface area contributed by atoms with Crippen LogP contribution in [0.3, 0.4) is 0 Å². The molecule has 4 amide bonds. The number of hydrogen-bond donors (Lipinski definition) is 4. The summed E-state index contributed by atoms with van der Waals surface area (Å²) in [7, 11) is 0. The molecule has 3 aromatic rings. The van der Waals surface area contributed by atoms with Crippen LogP contribution >= 0.6 is 11.3 Å². The Bertz CT molecular complexity index is 1060. The summed E-state index contributed by atoms with van der Waals surface area (Å²) in [5.74, 6) is -0.245. The quantitative estimate of drug-likeness (QED) is 0.388. The summed E-state index contributed by atoms with van der Waals surface area (Å²) in [6.45, 7) is 4.93. The van der Waals surface area contributed by atoms with Gasteiger partial charge >= 0.3 is 6.03 Å². The lowest BCUT2D eigenvalue weighted by molar-refractivity contribution is -0.132. The molecule has 10 nitrogen and oxygen atoms in total. The van der Waals surface area contributed by atoms with Gasteiger partial charge in [-0.2, -0.15) is 5.10 Å². The maximum Gasteiger partial charge on any atom is 0.337 e. The van der Waals surface area contributed by atoms with Crippen LogP contribution in [0.4, 0.5) is 10.5 Å². The lowest BCUT2D eigenvalue weighted by atomic mass is 10.3. The number of carbonyl (C=O) groups excluding carboxylic acids is 3. The lowest BCUT2D eigenvalue weighted by Gasteiger charge is -2.18. The predicted molar refractivity (Wildman–Crippen MR) is 121 cm³/mol. The second-order valence-corrected chi connectivity index (χ2v) is 7.51. The fraction of sp³-hybridized carbons (Fsp3) is 0.238. The zero-order chi connectivity index (χ0) is 22.9. The Kier molecular flexibility index (Phi) is 7.81. The van der Waals surface area contributed by atoms with Crippen molar-refractivity contribution in [2.75, 3.05) is 25.0 Å². The van der Waals surface area contributed by atoms with Crippen molar-refractivity contribution < 1.29 is 19.1 Å². The molecule has 0 fully saturated rings. The Hall–Kier alpha value is -3.86. The molecule has 1 aromatic carbocycles. The summed E-state index contributed by atoms with van der Waals surface area (Å²) >= 11 is 1.52. The molecule has 2 aromatic heterocycles. The summed E-state index contributed by atoms with van der Waals surface area (Å²) in [5, 5.41) is 11.2. The second-order valence-electron chi connectivity index (χ2n) is 6.56. The average molecular weight is 457 g/mol. The Morgan fingerprint density at radius 2 is 1.91 bits per heavy atom. The standard InChI is InChI=1S/C21H24N6O4S/c1-3-27(4-2)19(28)13-31-15-8-5-7-14(11-15)22-21(30)26-25-20(29)17-12-16(23-24-17)18-9-6-10-32-18/h5-12H,3-4,13H2,1-2H3,(H,23,24)(H,25,29)(H2,22,26,30). The summed E-state index contributed by atoms with van der Waals surface area (Å²) in [4.78, 5) is 39.0. The number of benzene rings is 1. The average Bonchev–Trinajstić information content (AvgIpc) is 3.49. The van der Waals surface area contributed by atoms with Crippen LogP contribution in [0, 0.1) is 0 Å². The van der Waals surface area contributed by atoms with Gasteiger partial charge < -0.3 is 15.0 Å². The van der Waals surface area contributed by atoms with Gasteiger partial charge in [-0.15, -0.1) is 11.3 Å². The van der Waals surface area contributed by atoms with E-state index in [1.807, 2.05) is 31.4 Å². The highest BCUT2D eigenvalue weighted by Gasteiger charge is 2.13. The molecule has 32 heavy (non-hydrogen) atoms. The lowest BCUT2D eigenvalue weighted by Crippen LogP contribution is -2.44. The minimum atomic E-state index is -0.649. The Morgan fingerprint density at radius 3 is 2.62 bits per heavy atom. The highest BCUT2D eigenvalue weighted by molar-refractivity contribution is 7.13. The first kappa shape index (κ1) is 22.8. The van der Waals surface area contributed by atoms with Crippen molar-refractivity contribution in [2.45, 2.75) is 13.8 Å². The number of nitrogens with one attached hydrogen (secondary N) is 4. The van der Waals surface area contributed by atoms with Crippen molar-refractivity contribution in [3.05, 3.63) is 53.5 Å². The van der Waals surface area contributed by atoms with Gasteiger partial charge in [0.2, 0.25) is 0 Å². The van der Waals surface area contributed by atoms with Gasteiger partial charge in [0, 0.05) is 24.8 Å². The van der Waals surface area contributed by atoms with Gasteiger partial charge in [-0.3, -0.25) is 20.1 Å². The number of aromatic nitrogens is 2. The molecule has 3 rings (SSSR count). The molecule has 0 bridgehead atoms. The van der Waals surface area contributed by atoms with E-state index in [1.54, 1.807) is 35.2 Å². The zero-order valence-corrected chi connectivity index (χ0v) is 18.5. The van der Waals surface area contributed by atoms with Gasteiger partial charge in [-0.05, 0) is 43.5 Å². The van der Waals surface area contributed by atoms with Crippen LogP contribution in [0.25, 0.3) is 10.6 Å². The van der Waals surface area contributed by atoms with Crippen molar-refractivity contribution in [3.63, 3.8) is 0 Å². The molecule has 0 aliphatic heterocycles. The van der Waals surface area contributed by atoms with Crippen LogP contribution in [0.5, 0.6) is 5.75 Å². The molecule has 0 spiro atoms. The van der Waals surface area contributed by atoms with Crippen molar-refractivity contribution in [1.29, 1.82) is 0 Å². The Morgan fingerprint density at radius 1 is 1.09 bits per heavy atom. The van der Waals surface area contributed by atoms with E-state index in [2.05, 4.69) is 26.4 Å². The third-order valence-electron chi connectivity index (χ3n) is 4.46. The number of aromatic amines is 1. The highest BCUT2D eigenvalue weighted by atomic mass is 32.1. The number of nitrogens with zero attached hydrogens (tertiary/aromatic N) is 2. The molecule has 4 N–H and O–H groups in total. The number of rotatable bonds is 8. The van der Waals surface area contributed by atoms with E-state index in [-0.39, 0.29) is 18.2 Å². The molecule has 168 valence electrons. The third kappa shape index (κ3) is 6.08. The number of amides is 4. The predicted octanol–water partition coefficient (Wildman–Crippen LogP) is 2.85. The van der Waals surface area contributed by atoms with Gasteiger partial charge in [-0.25, -0.2) is 10.2 Å². The minimum Gasteiger partial charge on any atom is -0.484 e. The van der Waals surface area contributed by atoms with E-state index in [4.69, 9.17) is 4.74 Å². The molecular weight excluding hydrogens is 432 g/mol. The number of hydrazine groups is 1. The van der Waals surface area contributed by atoms with Crippen molar-refractivity contribution in [1.82, 2.24) is 25.9 Å². The van der Waals surface area contributed by atoms with Gasteiger partial charge in [-0.1, -0.05) is 12.1 Å². The van der Waals surface area contributed by atoms with E-state index in [0.29, 0.717) is 30.2 Å². The van der Waals surface area contributed by atoms with Gasteiger partial charge in [0.25, 0.3) is 11.8 Å². The maximum atomic E-state index is 12.2. The van der Waals surface area contributed by atoms with Crippen molar-refractivity contribution in [3.8, 4) is 16.3 Å². The largest absolute Gasteiger partial charge is 0.484 e. The number of urea groups is 1. The topological polar surface area (TPSA) is 128 Å². The molecule has 0 atom stereocenters. The van der Waals surface area contributed by atoms with Crippen LogP contribution in [-0.4, -0.2) is 52.6 Å². The number of ether oxygens (including phenoxy) is 1. The maximum absolute atomic E-state index is 12.2. The minimum absolute atomic E-state index is 0.0927. The molecular formula is C21H24N6O4S. The normalized spacial score (nSPS) is 10.3. The number of anilines is 1. The fourth-order valence-corrected chi connectivity index (χ4v) is 3.50. The zero-order valence-electron chi connectivity index (χ0n) is 17.7. The second kappa shape index (κ2) is 11.0. The van der Waals surface area contributed by atoms with Crippen LogP contribution in [0.1, 0.15) is 24.3 Å². The van der Waals surface area contributed by atoms with E-state index in [1.165, 1.54) is 11.3 Å². The number of H-pyrrole nitrogens is 1. The fourth-order valence-electron chi connectivity index (χ4n) is 2.81. The summed E-state index contributed by atoms with van der Waals surface area (Å²) in [6, 6.07) is 11.4. The SMILES string of the molecule is CCN(CC)C(=O)COc1cccc(NC(=O)NNC(=O)c2cc(-c3cccs3)[nH]n2)c1. The van der Waals surface area contributed by atoms with Gasteiger partial charge in [0.15, 0.2) is 12.3 Å². The van der Waals surface area contributed by atoms with Gasteiger partial charge in [0.1, 0.15) is 5.75 Å². The first-order valence-corrected chi connectivity index (χ1v) is 10.8. The first-order valence-electron chi connectivity index (χ1n) is 9.97. The van der Waals surface area contributed by atoms with Crippen LogP contribution < -0.4 is 20.9 Å². The molecule has 0 aliphatic rings. The Balaban J connectivity index is 1.48. The van der Waals surface area contributed by atoms with Crippen molar-refractivity contribution >= 4 is 34.9 Å². The number of hydrogen-bond acceptors (Lipinski definition) is 6. The van der Waals surface area contributed by atoms with Gasteiger partial charge in [0.05, 0.1) is 10.6 Å². The van der Waals surface area contributed by atoms with Crippen LogP contribution in [0.15, 0.2) is 47.8 Å². The number of likely N-dealkylation sites (N-methyl/N-ethyl adjacent to an activating group) is 1. The highest BCUT2D eigenvalue weighted by Crippen LogP contribution is 2.22. The van der Waals surface area contributed by atoms with E-state index in [0.717, 1.165) is 4.88 Å². The third-order valence-corrected chi connectivity index (χ3v) is 5.36.